The van der Waals surface area contributed by atoms with Crippen LogP contribution in [0.1, 0.15) is 40.0 Å². The van der Waals surface area contributed by atoms with E-state index in [9.17, 15) is 14.0 Å². The highest BCUT2D eigenvalue weighted by atomic mass is 19.1. The normalized spacial score (nSPS) is 19.1. The second kappa shape index (κ2) is 9.38. The fourth-order valence-corrected chi connectivity index (χ4v) is 3.79. The van der Waals surface area contributed by atoms with Gasteiger partial charge in [0.15, 0.2) is 6.20 Å². The van der Waals surface area contributed by atoms with Crippen molar-refractivity contribution < 1.29 is 18.7 Å². The van der Waals surface area contributed by atoms with Crippen LogP contribution in [0, 0.1) is 17.8 Å². The van der Waals surface area contributed by atoms with Crippen molar-refractivity contribution in [1.29, 1.82) is 0 Å². The first-order chi connectivity index (χ1) is 14.7. The van der Waals surface area contributed by atoms with Crippen molar-refractivity contribution in [2.24, 2.45) is 5.41 Å². The number of nitrogens with one attached hydrogen (secondary N) is 1. The van der Waals surface area contributed by atoms with Gasteiger partial charge in [0, 0.05) is 19.5 Å². The third-order valence-electron chi connectivity index (χ3n) is 5.33. The quantitative estimate of drug-likeness (QED) is 0.717. The molecule has 1 aromatic carbocycles. The van der Waals surface area contributed by atoms with E-state index in [0.29, 0.717) is 30.9 Å². The molecule has 1 N–H and O–H groups in total. The number of piperidine rings is 1. The maximum absolute atomic E-state index is 14.8. The lowest BCUT2D eigenvalue weighted by Gasteiger charge is -2.31. The summed E-state index contributed by atoms with van der Waals surface area (Å²) in [4.78, 5) is 30.9. The van der Waals surface area contributed by atoms with Gasteiger partial charge in [-0.15, -0.1) is 0 Å². The minimum atomic E-state index is -0.547. The zero-order valence-electron chi connectivity index (χ0n) is 18.3. The molecule has 3 rings (SSSR count). The van der Waals surface area contributed by atoms with Crippen molar-refractivity contribution in [3.8, 4) is 0 Å². The van der Waals surface area contributed by atoms with Crippen LogP contribution in [0.3, 0.4) is 0 Å². The Kier molecular flexibility index (Phi) is 6.84. The Morgan fingerprint density at radius 1 is 1.35 bits per heavy atom. The molecular weight excluding hydrogens is 399 g/mol. The summed E-state index contributed by atoms with van der Waals surface area (Å²) in [7, 11) is 0. The summed E-state index contributed by atoms with van der Waals surface area (Å²) < 4.78 is 20.2. The predicted octanol–water partition coefficient (Wildman–Crippen LogP) is 4.11. The minimum absolute atomic E-state index is 0.0895. The molecule has 0 aromatic heterocycles. The van der Waals surface area contributed by atoms with Gasteiger partial charge in [-0.25, -0.2) is 14.0 Å². The van der Waals surface area contributed by atoms with Crippen LogP contribution >= 0.6 is 0 Å². The van der Waals surface area contributed by atoms with Gasteiger partial charge in [0.1, 0.15) is 11.9 Å². The number of cyclic esters (lactones) is 1. The Balaban J connectivity index is 1.59. The molecule has 2 saturated heterocycles. The van der Waals surface area contributed by atoms with E-state index in [1.54, 1.807) is 18.3 Å². The SMILES string of the molecule is [C-]#[N+]C=C1CCN(c2ccc(N3C[C@H](CNC(=O)CC(C)(C)C)OC3=O)cc2F)CC1. The lowest BCUT2D eigenvalue weighted by molar-refractivity contribution is -0.123. The van der Waals surface area contributed by atoms with Crippen LogP contribution in [0.25, 0.3) is 4.85 Å². The maximum atomic E-state index is 14.8. The molecule has 2 aliphatic rings. The first-order valence-corrected chi connectivity index (χ1v) is 10.5. The molecule has 0 radical (unpaired) electrons. The lowest BCUT2D eigenvalue weighted by atomic mass is 9.92. The van der Waals surface area contributed by atoms with Crippen LogP contribution in [0.2, 0.25) is 0 Å². The number of hydrogen-bond acceptors (Lipinski definition) is 4. The highest BCUT2D eigenvalue weighted by molar-refractivity contribution is 5.90. The van der Waals surface area contributed by atoms with Gasteiger partial charge in [-0.3, -0.25) is 9.69 Å². The Labute approximate surface area is 182 Å². The molecule has 2 amide bonds. The molecule has 0 unspecified atom stereocenters. The molecule has 31 heavy (non-hydrogen) atoms. The van der Waals surface area contributed by atoms with Gasteiger partial charge < -0.3 is 15.0 Å². The Morgan fingerprint density at radius 2 is 2.06 bits per heavy atom. The topological polar surface area (TPSA) is 66.2 Å². The lowest BCUT2D eigenvalue weighted by Crippen LogP contribution is -2.36. The molecule has 2 heterocycles. The first-order valence-electron chi connectivity index (χ1n) is 10.5. The average molecular weight is 429 g/mol. The summed E-state index contributed by atoms with van der Waals surface area (Å²) in [5.74, 6) is -0.488. The summed E-state index contributed by atoms with van der Waals surface area (Å²) in [6.45, 7) is 14.6. The largest absolute Gasteiger partial charge is 0.442 e. The Bertz CT molecular complexity index is 906. The fraction of sp³-hybridized carbons (Fsp3) is 0.522. The second-order valence-electron chi connectivity index (χ2n) is 9.20. The maximum Gasteiger partial charge on any atom is 0.414 e. The van der Waals surface area contributed by atoms with E-state index in [1.165, 1.54) is 11.0 Å². The van der Waals surface area contributed by atoms with Crippen molar-refractivity contribution in [2.45, 2.75) is 46.1 Å². The molecule has 0 saturated carbocycles. The first kappa shape index (κ1) is 22.6. The van der Waals surface area contributed by atoms with Gasteiger partial charge in [0.2, 0.25) is 5.91 Å². The molecule has 1 atom stereocenters. The van der Waals surface area contributed by atoms with E-state index >= 15 is 0 Å². The number of anilines is 2. The molecule has 2 fully saturated rings. The summed E-state index contributed by atoms with van der Waals surface area (Å²) in [5.41, 5.74) is 1.89. The van der Waals surface area contributed by atoms with E-state index in [1.807, 2.05) is 25.7 Å². The average Bonchev–Trinajstić information content (AvgIpc) is 3.07. The highest BCUT2D eigenvalue weighted by Crippen LogP contribution is 2.30. The minimum Gasteiger partial charge on any atom is -0.442 e. The summed E-state index contributed by atoms with van der Waals surface area (Å²) >= 11 is 0. The second-order valence-corrected chi connectivity index (χ2v) is 9.20. The molecule has 1 aromatic rings. The van der Waals surface area contributed by atoms with E-state index in [0.717, 1.165) is 18.4 Å². The monoisotopic (exact) mass is 428 g/mol. The molecule has 8 heteroatoms. The summed E-state index contributed by atoms with van der Waals surface area (Å²) in [5, 5.41) is 2.80. The van der Waals surface area contributed by atoms with E-state index < -0.39 is 18.0 Å². The van der Waals surface area contributed by atoms with E-state index in [4.69, 9.17) is 11.3 Å². The van der Waals surface area contributed by atoms with Gasteiger partial charge in [0.25, 0.3) is 0 Å². The molecule has 0 bridgehead atoms. The van der Waals surface area contributed by atoms with Crippen LogP contribution in [0.5, 0.6) is 0 Å². The van der Waals surface area contributed by atoms with E-state index in [2.05, 4.69) is 10.2 Å². The number of rotatable bonds is 5. The van der Waals surface area contributed by atoms with Crippen molar-refractivity contribution in [1.82, 2.24) is 5.32 Å². The number of carbonyl (C=O) groups excluding carboxylic acids is 2. The summed E-state index contributed by atoms with van der Waals surface area (Å²) in [6.07, 6.45) is 2.39. The number of hydrogen-bond donors (Lipinski definition) is 1. The van der Waals surface area contributed by atoms with Crippen molar-refractivity contribution in [3.63, 3.8) is 0 Å². The number of nitrogens with zero attached hydrogens (tertiary/aromatic N) is 3. The van der Waals surface area contributed by atoms with E-state index in [-0.39, 0.29) is 24.4 Å². The predicted molar refractivity (Wildman–Crippen MR) is 117 cm³/mol. The van der Waals surface area contributed by atoms with Crippen LogP contribution in [0.4, 0.5) is 20.6 Å². The molecule has 2 aliphatic heterocycles. The highest BCUT2D eigenvalue weighted by Gasteiger charge is 2.33. The van der Waals surface area contributed by atoms with Crippen molar-refractivity contribution in [3.05, 3.63) is 47.2 Å². The number of carbonyl (C=O) groups is 2. The van der Waals surface area contributed by atoms with Crippen molar-refractivity contribution >= 4 is 23.4 Å². The van der Waals surface area contributed by atoms with Crippen LogP contribution in [0.15, 0.2) is 30.0 Å². The van der Waals surface area contributed by atoms with Gasteiger partial charge in [-0.05, 0) is 36.5 Å². The Hall–Kier alpha value is -3.08. The molecular formula is C23H29FN4O3. The van der Waals surface area contributed by atoms with Gasteiger partial charge in [-0.1, -0.05) is 26.3 Å². The molecule has 0 spiro atoms. The zero-order valence-corrected chi connectivity index (χ0v) is 18.3. The number of halogens is 1. The third-order valence-corrected chi connectivity index (χ3v) is 5.33. The zero-order chi connectivity index (χ0) is 22.6. The standard InChI is InChI=1S/C23H29FN4O3/c1-23(2,3)12-21(29)26-14-18-15-28(22(30)31-18)17-5-6-20(19(24)11-17)27-9-7-16(8-10-27)13-25-4/h5-6,11,13,18H,7-10,12,14-15H2,1-3H3,(H,26,29)/t18-/m0/s1. The molecule has 7 nitrogen and oxygen atoms in total. The Morgan fingerprint density at radius 3 is 2.68 bits per heavy atom. The van der Waals surface area contributed by atoms with Gasteiger partial charge >= 0.3 is 6.09 Å². The van der Waals surface area contributed by atoms with Crippen LogP contribution in [-0.4, -0.2) is 44.3 Å². The number of ether oxygens (including phenoxy) is 1. The smallest absolute Gasteiger partial charge is 0.414 e. The summed E-state index contributed by atoms with van der Waals surface area (Å²) in [6, 6.07) is 4.74. The number of benzene rings is 1. The van der Waals surface area contributed by atoms with Gasteiger partial charge in [-0.2, -0.15) is 0 Å². The number of amides is 2. The van der Waals surface area contributed by atoms with Crippen LogP contribution in [-0.2, 0) is 9.53 Å². The van der Waals surface area contributed by atoms with Gasteiger partial charge in [0.05, 0.1) is 31.0 Å². The van der Waals surface area contributed by atoms with Crippen molar-refractivity contribution in [2.75, 3.05) is 36.0 Å². The third kappa shape index (κ3) is 5.97. The fourth-order valence-electron chi connectivity index (χ4n) is 3.79. The van der Waals surface area contributed by atoms with Crippen LogP contribution < -0.4 is 15.1 Å². The molecule has 0 aliphatic carbocycles. The molecule has 166 valence electrons.